The number of hydrogen-bond acceptors (Lipinski definition) is 4. The van der Waals surface area contributed by atoms with E-state index >= 15 is 0 Å². The van der Waals surface area contributed by atoms with Crippen LogP contribution in [-0.2, 0) is 0 Å². The number of nitrogens with zero attached hydrogens (tertiary/aromatic N) is 2. The largest absolute Gasteiger partial charge is 0.497 e. The third kappa shape index (κ3) is 2.59. The quantitative estimate of drug-likeness (QED) is 0.830. The van der Waals surface area contributed by atoms with E-state index in [1.807, 2.05) is 25.1 Å². The van der Waals surface area contributed by atoms with Gasteiger partial charge in [0.15, 0.2) is 0 Å². The van der Waals surface area contributed by atoms with Crippen molar-refractivity contribution in [2.45, 2.75) is 13.0 Å². The maximum atomic E-state index is 12.2. The van der Waals surface area contributed by atoms with Crippen molar-refractivity contribution in [2.24, 2.45) is 0 Å². The topological polar surface area (TPSA) is 53.3 Å². The molecule has 0 aliphatic carbocycles. The first kappa shape index (κ1) is 13.5. The minimum absolute atomic E-state index is 0.107. The molecule has 0 radical (unpaired) electrons. The van der Waals surface area contributed by atoms with Crippen molar-refractivity contribution >= 4 is 28.8 Å². The Hall–Kier alpha value is -1.93. The SMILES string of the molecule is CCSC(=O)N1c2ccc(OC)cc2C=C[C@@H]1C#N. The number of nitriles is 1. The molecule has 0 saturated carbocycles. The monoisotopic (exact) mass is 274 g/mol. The van der Waals surface area contributed by atoms with E-state index in [1.54, 1.807) is 19.3 Å². The maximum absolute atomic E-state index is 12.2. The summed E-state index contributed by atoms with van der Waals surface area (Å²) in [7, 11) is 1.60. The Balaban J connectivity index is 2.44. The zero-order valence-electron chi connectivity index (χ0n) is 10.8. The minimum Gasteiger partial charge on any atom is -0.497 e. The highest BCUT2D eigenvalue weighted by Gasteiger charge is 2.28. The number of benzene rings is 1. The summed E-state index contributed by atoms with van der Waals surface area (Å²) < 4.78 is 5.17. The summed E-state index contributed by atoms with van der Waals surface area (Å²) in [5, 5.41) is 9.07. The Bertz CT molecular complexity index is 563. The number of methoxy groups -OCH3 is 1. The molecule has 0 unspecified atom stereocenters. The van der Waals surface area contributed by atoms with Gasteiger partial charge in [-0.05, 0) is 30.0 Å². The molecule has 0 bridgehead atoms. The van der Waals surface area contributed by atoms with Crippen molar-refractivity contribution in [1.29, 1.82) is 5.26 Å². The molecule has 0 aromatic heterocycles. The number of ether oxygens (including phenoxy) is 1. The third-order valence-corrected chi connectivity index (χ3v) is 3.56. The predicted molar refractivity (Wildman–Crippen MR) is 77.4 cm³/mol. The van der Waals surface area contributed by atoms with Crippen LogP contribution >= 0.6 is 11.8 Å². The van der Waals surface area contributed by atoms with E-state index in [2.05, 4.69) is 6.07 Å². The second-order valence-corrected chi connectivity index (χ2v) is 5.14. The van der Waals surface area contributed by atoms with Crippen LogP contribution in [0, 0.1) is 11.3 Å². The van der Waals surface area contributed by atoms with Crippen LogP contribution in [0.2, 0.25) is 0 Å². The number of amides is 1. The Morgan fingerprint density at radius 2 is 2.37 bits per heavy atom. The number of thioether (sulfide) groups is 1. The van der Waals surface area contributed by atoms with Crippen molar-refractivity contribution in [3.63, 3.8) is 0 Å². The first-order valence-electron chi connectivity index (χ1n) is 5.93. The lowest BCUT2D eigenvalue weighted by Crippen LogP contribution is -2.38. The summed E-state index contributed by atoms with van der Waals surface area (Å²) in [6.45, 7) is 1.92. The molecule has 19 heavy (non-hydrogen) atoms. The van der Waals surface area contributed by atoms with Gasteiger partial charge in [-0.1, -0.05) is 24.8 Å². The molecular weight excluding hydrogens is 260 g/mol. The fraction of sp³-hybridized carbons (Fsp3) is 0.286. The minimum atomic E-state index is -0.549. The van der Waals surface area contributed by atoms with E-state index in [9.17, 15) is 10.1 Å². The standard InChI is InChI=1S/C14H14N2O2S/c1-3-19-14(17)16-11(9-15)5-4-10-8-12(18-2)6-7-13(10)16/h4-8,11H,3H2,1-2H3/t11-/m1/s1. The molecule has 0 N–H and O–H groups in total. The highest BCUT2D eigenvalue weighted by Crippen LogP contribution is 2.33. The van der Waals surface area contributed by atoms with Gasteiger partial charge in [-0.3, -0.25) is 9.69 Å². The van der Waals surface area contributed by atoms with Gasteiger partial charge in [-0.2, -0.15) is 5.26 Å². The van der Waals surface area contributed by atoms with Crippen LogP contribution in [0.15, 0.2) is 24.3 Å². The smallest absolute Gasteiger partial charge is 0.287 e. The normalized spacial score (nSPS) is 16.7. The van der Waals surface area contributed by atoms with Gasteiger partial charge < -0.3 is 4.74 Å². The Morgan fingerprint density at radius 1 is 1.58 bits per heavy atom. The van der Waals surface area contributed by atoms with E-state index in [0.717, 1.165) is 17.0 Å². The molecule has 2 rings (SSSR count). The number of rotatable bonds is 2. The molecule has 5 heteroatoms. The Kier molecular flexibility index (Phi) is 4.13. The molecule has 1 atom stereocenters. The number of carbonyl (C=O) groups excluding carboxylic acids is 1. The van der Waals surface area contributed by atoms with Crippen molar-refractivity contribution in [2.75, 3.05) is 17.8 Å². The molecule has 1 aromatic rings. The van der Waals surface area contributed by atoms with Gasteiger partial charge >= 0.3 is 0 Å². The van der Waals surface area contributed by atoms with Crippen molar-refractivity contribution < 1.29 is 9.53 Å². The van der Waals surface area contributed by atoms with Crippen LogP contribution in [0.3, 0.4) is 0 Å². The molecule has 0 fully saturated rings. The summed E-state index contributed by atoms with van der Waals surface area (Å²) in [4.78, 5) is 13.7. The molecule has 98 valence electrons. The zero-order valence-corrected chi connectivity index (χ0v) is 11.6. The lowest BCUT2D eigenvalue weighted by atomic mass is 10.0. The van der Waals surface area contributed by atoms with Crippen LogP contribution in [0.5, 0.6) is 5.75 Å². The van der Waals surface area contributed by atoms with Gasteiger partial charge in [-0.15, -0.1) is 0 Å². The van der Waals surface area contributed by atoms with Gasteiger partial charge in [0.2, 0.25) is 0 Å². The number of fused-ring (bicyclic) bond motifs is 1. The maximum Gasteiger partial charge on any atom is 0.287 e. The number of anilines is 1. The van der Waals surface area contributed by atoms with Crippen LogP contribution < -0.4 is 9.64 Å². The highest BCUT2D eigenvalue weighted by molar-refractivity contribution is 8.13. The van der Waals surface area contributed by atoms with Gasteiger partial charge in [0.25, 0.3) is 5.24 Å². The van der Waals surface area contributed by atoms with E-state index in [1.165, 1.54) is 16.7 Å². The molecule has 1 aliphatic heterocycles. The van der Waals surface area contributed by atoms with Gasteiger partial charge in [0, 0.05) is 5.56 Å². The van der Waals surface area contributed by atoms with Crippen LogP contribution in [0.4, 0.5) is 10.5 Å². The molecule has 1 heterocycles. The predicted octanol–water partition coefficient (Wildman–Crippen LogP) is 3.29. The molecular formula is C14H14N2O2S. The molecule has 0 saturated heterocycles. The average Bonchev–Trinajstić information content (AvgIpc) is 2.45. The summed E-state index contributed by atoms with van der Waals surface area (Å²) >= 11 is 1.20. The third-order valence-electron chi connectivity index (χ3n) is 2.83. The molecule has 4 nitrogen and oxygen atoms in total. The lowest BCUT2D eigenvalue weighted by Gasteiger charge is -2.29. The fourth-order valence-electron chi connectivity index (χ4n) is 1.95. The molecule has 1 amide bonds. The van der Waals surface area contributed by atoms with Crippen molar-refractivity contribution in [1.82, 2.24) is 0 Å². The summed E-state index contributed by atoms with van der Waals surface area (Å²) in [5.74, 6) is 1.41. The first-order valence-corrected chi connectivity index (χ1v) is 6.91. The van der Waals surface area contributed by atoms with Crippen molar-refractivity contribution in [3.8, 4) is 11.8 Å². The fourth-order valence-corrected chi connectivity index (χ4v) is 2.55. The van der Waals surface area contributed by atoms with E-state index in [4.69, 9.17) is 4.74 Å². The molecule has 0 spiro atoms. The number of hydrogen-bond donors (Lipinski definition) is 0. The summed E-state index contributed by atoms with van der Waals surface area (Å²) in [6, 6.07) is 7.06. The van der Waals surface area contributed by atoms with Gasteiger partial charge in [-0.25, -0.2) is 0 Å². The molecule has 1 aromatic carbocycles. The highest BCUT2D eigenvalue weighted by atomic mass is 32.2. The second kappa shape index (κ2) is 5.81. The van der Waals surface area contributed by atoms with E-state index in [-0.39, 0.29) is 5.24 Å². The van der Waals surface area contributed by atoms with E-state index in [0.29, 0.717) is 5.75 Å². The molecule has 1 aliphatic rings. The van der Waals surface area contributed by atoms with Gasteiger partial charge in [0.05, 0.1) is 18.9 Å². The van der Waals surface area contributed by atoms with Crippen LogP contribution in [0.25, 0.3) is 6.08 Å². The summed E-state index contributed by atoms with van der Waals surface area (Å²) in [5.41, 5.74) is 1.64. The van der Waals surface area contributed by atoms with Crippen molar-refractivity contribution in [3.05, 3.63) is 29.8 Å². The van der Waals surface area contributed by atoms with E-state index < -0.39 is 6.04 Å². The Morgan fingerprint density at radius 3 is 3.00 bits per heavy atom. The Labute approximate surface area is 116 Å². The van der Waals surface area contributed by atoms with Crippen LogP contribution in [-0.4, -0.2) is 24.1 Å². The van der Waals surface area contributed by atoms with Crippen LogP contribution in [0.1, 0.15) is 12.5 Å². The lowest BCUT2D eigenvalue weighted by molar-refractivity contribution is 0.264. The van der Waals surface area contributed by atoms with Gasteiger partial charge in [0.1, 0.15) is 11.8 Å². The number of carbonyl (C=O) groups is 1. The zero-order chi connectivity index (χ0) is 13.8. The summed E-state index contributed by atoms with van der Waals surface area (Å²) in [6.07, 6.45) is 3.59. The average molecular weight is 274 g/mol. The first-order chi connectivity index (χ1) is 9.21. The second-order valence-electron chi connectivity index (χ2n) is 3.93.